The molecule has 0 fully saturated rings. The highest BCUT2D eigenvalue weighted by Gasteiger charge is 2.29. The minimum absolute atomic E-state index is 0.00218. The number of rotatable bonds is 5. The lowest BCUT2D eigenvalue weighted by atomic mass is 9.98. The van der Waals surface area contributed by atoms with Crippen LogP contribution in [0.15, 0.2) is 48.5 Å². The van der Waals surface area contributed by atoms with E-state index in [0.29, 0.717) is 0 Å². The van der Waals surface area contributed by atoms with Gasteiger partial charge in [-0.3, -0.25) is 4.79 Å². The van der Waals surface area contributed by atoms with E-state index in [1.165, 1.54) is 11.1 Å². The number of carbonyl (C=O) groups excluding carboxylic acids is 2. The Morgan fingerprint density at radius 3 is 2.04 bits per heavy atom. The summed E-state index contributed by atoms with van der Waals surface area (Å²) in [7, 11) is 0. The molecule has 1 N–H and O–H groups in total. The molecule has 2 aromatic carbocycles. The molecule has 3 rings (SSSR count). The summed E-state index contributed by atoms with van der Waals surface area (Å²) in [6, 6.07) is 15.7. The summed E-state index contributed by atoms with van der Waals surface area (Å²) < 4.78 is 5.43. The number of benzene rings is 2. The van der Waals surface area contributed by atoms with Crippen LogP contribution in [0.5, 0.6) is 0 Å². The third-order valence-electron chi connectivity index (χ3n) is 4.55. The molecule has 0 spiro atoms. The number of hydrogen-bond acceptors (Lipinski definition) is 3. The van der Waals surface area contributed by atoms with Crippen LogP contribution in [0, 0.1) is 5.92 Å². The molecule has 0 saturated carbocycles. The molecule has 25 heavy (non-hydrogen) atoms. The standard InChI is InChI=1S/C20H21NO3S/c1-12(2)18(19(22)25)21-20(23)24-11-17-15-9-5-3-7-13(15)14-8-4-6-10-16(14)17/h3-10,12,17-18H,11H2,1-2H3,(H,21,23)(H,22,25)/t18-/m0/s1. The number of carbonyl (C=O) groups is 2. The first-order valence-corrected chi connectivity index (χ1v) is 8.78. The van der Waals surface area contributed by atoms with Gasteiger partial charge in [0.05, 0.1) is 0 Å². The van der Waals surface area contributed by atoms with Crippen LogP contribution in [0.2, 0.25) is 0 Å². The van der Waals surface area contributed by atoms with Crippen molar-refractivity contribution < 1.29 is 14.3 Å². The number of thiol groups is 1. The van der Waals surface area contributed by atoms with Gasteiger partial charge in [0.1, 0.15) is 12.6 Å². The van der Waals surface area contributed by atoms with E-state index in [-0.39, 0.29) is 23.6 Å². The number of nitrogens with one attached hydrogen (secondary N) is 1. The molecule has 130 valence electrons. The first kappa shape index (κ1) is 17.5. The maximum atomic E-state index is 12.1. The fourth-order valence-electron chi connectivity index (χ4n) is 3.28. The van der Waals surface area contributed by atoms with Crippen molar-refractivity contribution >= 4 is 23.8 Å². The zero-order chi connectivity index (χ0) is 18.0. The van der Waals surface area contributed by atoms with E-state index in [9.17, 15) is 9.59 Å². The van der Waals surface area contributed by atoms with Crippen LogP contribution in [0.4, 0.5) is 4.79 Å². The molecular weight excluding hydrogens is 334 g/mol. The summed E-state index contributed by atoms with van der Waals surface area (Å²) in [6.45, 7) is 3.93. The summed E-state index contributed by atoms with van der Waals surface area (Å²) in [4.78, 5) is 23.6. The highest BCUT2D eigenvalue weighted by Crippen LogP contribution is 2.44. The van der Waals surface area contributed by atoms with Gasteiger partial charge in [0.25, 0.3) is 0 Å². The van der Waals surface area contributed by atoms with Crippen molar-refractivity contribution in [1.29, 1.82) is 0 Å². The van der Waals surface area contributed by atoms with Crippen LogP contribution >= 0.6 is 12.6 Å². The van der Waals surface area contributed by atoms with E-state index in [0.717, 1.165) is 11.1 Å². The van der Waals surface area contributed by atoms with Crippen LogP contribution < -0.4 is 5.32 Å². The van der Waals surface area contributed by atoms with E-state index >= 15 is 0 Å². The SMILES string of the molecule is CC(C)[C@H](NC(=O)OCC1c2ccccc2-c2ccccc21)C(=O)S. The maximum absolute atomic E-state index is 12.1. The molecule has 0 heterocycles. The van der Waals surface area contributed by atoms with E-state index in [4.69, 9.17) is 4.74 Å². The van der Waals surface area contributed by atoms with Crippen LogP contribution in [0.3, 0.4) is 0 Å². The zero-order valence-corrected chi connectivity index (χ0v) is 15.1. The van der Waals surface area contributed by atoms with Gasteiger partial charge in [0.15, 0.2) is 0 Å². The highest BCUT2D eigenvalue weighted by atomic mass is 32.1. The summed E-state index contributed by atoms with van der Waals surface area (Å²) >= 11 is 3.83. The van der Waals surface area contributed by atoms with Crippen molar-refractivity contribution in [2.75, 3.05) is 6.61 Å². The topological polar surface area (TPSA) is 55.4 Å². The monoisotopic (exact) mass is 355 g/mol. The van der Waals surface area contributed by atoms with Crippen LogP contribution in [-0.4, -0.2) is 23.9 Å². The van der Waals surface area contributed by atoms with Crippen molar-refractivity contribution in [2.45, 2.75) is 25.8 Å². The largest absolute Gasteiger partial charge is 0.449 e. The second-order valence-electron chi connectivity index (χ2n) is 6.53. The number of alkyl carbamates (subject to hydrolysis) is 1. The van der Waals surface area contributed by atoms with Gasteiger partial charge in [-0.05, 0) is 28.2 Å². The lowest BCUT2D eigenvalue weighted by Gasteiger charge is -2.20. The highest BCUT2D eigenvalue weighted by molar-refractivity contribution is 7.96. The summed E-state index contributed by atoms with van der Waals surface area (Å²) in [5, 5.41) is 2.23. The number of hydrogen-bond donors (Lipinski definition) is 2. The van der Waals surface area contributed by atoms with E-state index in [1.807, 2.05) is 38.1 Å². The molecule has 0 aliphatic heterocycles. The van der Waals surface area contributed by atoms with Crippen molar-refractivity contribution in [2.24, 2.45) is 5.92 Å². The first-order chi connectivity index (χ1) is 12.0. The van der Waals surface area contributed by atoms with Crippen molar-refractivity contribution in [1.82, 2.24) is 5.32 Å². The molecule has 1 aliphatic carbocycles. The summed E-state index contributed by atoms with van der Waals surface area (Å²) in [5.41, 5.74) is 4.67. The third-order valence-corrected chi connectivity index (χ3v) is 4.83. The van der Waals surface area contributed by atoms with Crippen molar-refractivity contribution in [3.63, 3.8) is 0 Å². The third kappa shape index (κ3) is 3.56. The summed E-state index contributed by atoms with van der Waals surface area (Å²) in [5.74, 6) is -0.0483. The molecule has 4 nitrogen and oxygen atoms in total. The fraction of sp³-hybridized carbons (Fsp3) is 0.300. The van der Waals surface area contributed by atoms with Gasteiger partial charge in [0.2, 0.25) is 5.12 Å². The van der Waals surface area contributed by atoms with Gasteiger partial charge in [0, 0.05) is 5.92 Å². The number of ether oxygens (including phenoxy) is 1. The maximum Gasteiger partial charge on any atom is 0.407 e. The van der Waals surface area contributed by atoms with Gasteiger partial charge in [-0.15, -0.1) is 12.6 Å². The molecule has 0 unspecified atom stereocenters. The molecule has 5 heteroatoms. The normalized spacial score (nSPS) is 13.9. The molecule has 0 radical (unpaired) electrons. The average molecular weight is 355 g/mol. The quantitative estimate of drug-likeness (QED) is 0.797. The second kappa shape index (κ2) is 7.31. The molecular formula is C20H21NO3S. The predicted molar refractivity (Wildman–Crippen MR) is 101 cm³/mol. The lowest BCUT2D eigenvalue weighted by Crippen LogP contribution is -2.43. The summed E-state index contributed by atoms with van der Waals surface area (Å²) in [6.07, 6.45) is -0.594. The second-order valence-corrected chi connectivity index (χ2v) is 6.97. The Kier molecular flexibility index (Phi) is 5.13. The zero-order valence-electron chi connectivity index (χ0n) is 14.2. The Morgan fingerprint density at radius 1 is 1.04 bits per heavy atom. The van der Waals surface area contributed by atoms with Gasteiger partial charge < -0.3 is 10.1 Å². The smallest absolute Gasteiger partial charge is 0.407 e. The van der Waals surface area contributed by atoms with E-state index in [2.05, 4.69) is 42.2 Å². The minimum Gasteiger partial charge on any atom is -0.449 e. The molecule has 1 aliphatic rings. The van der Waals surface area contributed by atoms with Crippen LogP contribution in [0.25, 0.3) is 11.1 Å². The predicted octanol–water partition coefficient (Wildman–Crippen LogP) is 4.01. The Balaban J connectivity index is 1.73. The van der Waals surface area contributed by atoms with Crippen molar-refractivity contribution in [3.05, 3.63) is 59.7 Å². The van der Waals surface area contributed by atoms with Gasteiger partial charge in [-0.1, -0.05) is 62.4 Å². The molecule has 0 aromatic heterocycles. The Labute approximate surface area is 153 Å². The molecule has 1 amide bonds. The van der Waals surface area contributed by atoms with Crippen molar-refractivity contribution in [3.8, 4) is 11.1 Å². The van der Waals surface area contributed by atoms with Gasteiger partial charge in [-0.2, -0.15) is 0 Å². The van der Waals surface area contributed by atoms with Crippen LogP contribution in [-0.2, 0) is 9.53 Å². The molecule has 1 atom stereocenters. The fourth-order valence-corrected chi connectivity index (χ4v) is 3.64. The van der Waals surface area contributed by atoms with E-state index in [1.54, 1.807) is 0 Å². The average Bonchev–Trinajstić information content (AvgIpc) is 2.91. The first-order valence-electron chi connectivity index (χ1n) is 8.33. The minimum atomic E-state index is -0.654. The van der Waals surface area contributed by atoms with Gasteiger partial charge >= 0.3 is 6.09 Å². The lowest BCUT2D eigenvalue weighted by molar-refractivity contribution is -0.113. The van der Waals surface area contributed by atoms with Gasteiger partial charge in [-0.25, -0.2) is 4.79 Å². The molecule has 0 saturated heterocycles. The van der Waals surface area contributed by atoms with Crippen LogP contribution in [0.1, 0.15) is 30.9 Å². The number of amides is 1. The number of fused-ring (bicyclic) bond motifs is 3. The Morgan fingerprint density at radius 2 is 1.56 bits per heavy atom. The molecule has 0 bridgehead atoms. The molecule has 2 aromatic rings. The Bertz CT molecular complexity index is 758. The van der Waals surface area contributed by atoms with E-state index < -0.39 is 12.1 Å². The Hall–Kier alpha value is -2.27.